The van der Waals surface area contributed by atoms with E-state index >= 15 is 0 Å². The summed E-state index contributed by atoms with van der Waals surface area (Å²) in [6, 6.07) is 65.7. The Kier molecular flexibility index (Phi) is 6.22. The summed E-state index contributed by atoms with van der Waals surface area (Å²) in [7, 11) is 0. The summed E-state index contributed by atoms with van der Waals surface area (Å²) in [6.07, 6.45) is 0. The topological polar surface area (TPSA) is 17.8 Å². The molecule has 49 heavy (non-hydrogen) atoms. The Labute approximate surface area is 284 Å². The normalized spacial score (nSPS) is 11.7. The quantitative estimate of drug-likeness (QED) is 0.179. The molecule has 0 atom stereocenters. The molecule has 0 bridgehead atoms. The summed E-state index contributed by atoms with van der Waals surface area (Å²) in [6.45, 7) is 0. The molecule has 0 saturated carbocycles. The number of benzene rings is 9. The highest BCUT2D eigenvalue weighted by atomic mass is 15.1. The zero-order valence-electron chi connectivity index (χ0n) is 26.7. The standard InChI is InChI=1S/C47H30N2/c1-2-15-32(16-3-1)45-37-20-8-10-22-39(37)46(40-23-11-9-21-38(40)45)41-28-29-43(36-19-7-6-18-35(36)41)49-44-25-13-12-24-42(44)48-47(49)34-27-26-31-14-4-5-17-33(31)30-34/h1-30H. The minimum Gasteiger partial charge on any atom is -0.292 e. The van der Waals surface area contributed by atoms with E-state index < -0.39 is 0 Å². The van der Waals surface area contributed by atoms with Gasteiger partial charge in [0.05, 0.1) is 16.7 Å². The first-order chi connectivity index (χ1) is 24.3. The van der Waals surface area contributed by atoms with Gasteiger partial charge in [-0.25, -0.2) is 4.98 Å². The summed E-state index contributed by atoms with van der Waals surface area (Å²) >= 11 is 0. The zero-order valence-corrected chi connectivity index (χ0v) is 26.7. The fraction of sp³-hybridized carbons (Fsp3) is 0. The predicted molar refractivity (Wildman–Crippen MR) is 207 cm³/mol. The molecule has 0 aliphatic heterocycles. The van der Waals surface area contributed by atoms with E-state index in [1.807, 2.05) is 0 Å². The highest BCUT2D eigenvalue weighted by Crippen LogP contribution is 2.46. The van der Waals surface area contributed by atoms with Crippen LogP contribution in [0, 0.1) is 0 Å². The molecular weight excluding hydrogens is 593 g/mol. The van der Waals surface area contributed by atoms with Gasteiger partial charge < -0.3 is 0 Å². The largest absolute Gasteiger partial charge is 0.292 e. The van der Waals surface area contributed by atoms with Crippen molar-refractivity contribution in [2.75, 3.05) is 0 Å². The summed E-state index contributed by atoms with van der Waals surface area (Å²) < 4.78 is 2.35. The maximum absolute atomic E-state index is 5.24. The summed E-state index contributed by atoms with van der Waals surface area (Å²) in [5.74, 6) is 0.938. The van der Waals surface area contributed by atoms with Crippen LogP contribution in [0.4, 0.5) is 0 Å². The van der Waals surface area contributed by atoms with E-state index in [0.29, 0.717) is 0 Å². The molecule has 10 aromatic rings. The second-order valence-electron chi connectivity index (χ2n) is 12.7. The second-order valence-corrected chi connectivity index (χ2v) is 12.7. The molecule has 10 rings (SSSR count). The van der Waals surface area contributed by atoms with Crippen molar-refractivity contribution < 1.29 is 0 Å². The summed E-state index contributed by atoms with van der Waals surface area (Å²) in [5.41, 5.74) is 9.28. The van der Waals surface area contributed by atoms with E-state index in [1.165, 1.54) is 65.3 Å². The number of aromatic nitrogens is 2. The van der Waals surface area contributed by atoms with Gasteiger partial charge in [0.15, 0.2) is 0 Å². The van der Waals surface area contributed by atoms with Crippen LogP contribution in [-0.4, -0.2) is 9.55 Å². The van der Waals surface area contributed by atoms with Gasteiger partial charge in [0.25, 0.3) is 0 Å². The van der Waals surface area contributed by atoms with Gasteiger partial charge in [-0.05, 0) is 84.2 Å². The molecule has 0 saturated heterocycles. The first-order valence-corrected chi connectivity index (χ1v) is 16.8. The Morgan fingerprint density at radius 1 is 0.367 bits per heavy atom. The SMILES string of the molecule is c1ccc(-c2c3ccccc3c(-c3ccc(-n4c(-c5ccc6ccccc6c5)nc5ccccc54)c4ccccc34)c3ccccc23)cc1. The van der Waals surface area contributed by atoms with E-state index in [1.54, 1.807) is 0 Å². The summed E-state index contributed by atoms with van der Waals surface area (Å²) in [4.78, 5) is 5.24. The first kappa shape index (κ1) is 27.6. The number of para-hydroxylation sites is 2. The second kappa shape index (κ2) is 11.0. The molecule has 0 aliphatic rings. The lowest BCUT2D eigenvalue weighted by molar-refractivity contribution is 1.12. The molecule has 9 aromatic carbocycles. The fourth-order valence-electron chi connectivity index (χ4n) is 7.82. The van der Waals surface area contributed by atoms with Gasteiger partial charge in [0.2, 0.25) is 0 Å². The smallest absolute Gasteiger partial charge is 0.145 e. The van der Waals surface area contributed by atoms with Crippen LogP contribution in [0.3, 0.4) is 0 Å². The lowest BCUT2D eigenvalue weighted by Crippen LogP contribution is -2.00. The summed E-state index contributed by atoms with van der Waals surface area (Å²) in [5, 5.41) is 9.85. The molecule has 0 spiro atoms. The van der Waals surface area contributed by atoms with Crippen LogP contribution in [0.15, 0.2) is 182 Å². The minimum atomic E-state index is 0.938. The molecule has 0 aliphatic carbocycles. The number of nitrogens with zero attached hydrogens (tertiary/aromatic N) is 2. The molecule has 0 amide bonds. The molecule has 0 radical (unpaired) electrons. The zero-order chi connectivity index (χ0) is 32.3. The van der Waals surface area contributed by atoms with Gasteiger partial charge in [0, 0.05) is 10.9 Å². The van der Waals surface area contributed by atoms with Crippen LogP contribution in [0.25, 0.3) is 93.5 Å². The molecule has 0 unspecified atom stereocenters. The average Bonchev–Trinajstić information content (AvgIpc) is 3.56. The first-order valence-electron chi connectivity index (χ1n) is 16.8. The van der Waals surface area contributed by atoms with Crippen LogP contribution < -0.4 is 0 Å². The molecule has 2 heteroatoms. The van der Waals surface area contributed by atoms with Crippen molar-refractivity contribution in [3.05, 3.63) is 182 Å². The number of hydrogen-bond acceptors (Lipinski definition) is 1. The number of imidazole rings is 1. The monoisotopic (exact) mass is 622 g/mol. The van der Waals surface area contributed by atoms with E-state index in [0.717, 1.165) is 28.1 Å². The molecule has 2 nitrogen and oxygen atoms in total. The van der Waals surface area contributed by atoms with Crippen LogP contribution in [0.5, 0.6) is 0 Å². The molecular formula is C47H30N2. The lowest BCUT2D eigenvalue weighted by atomic mass is 9.84. The van der Waals surface area contributed by atoms with Crippen molar-refractivity contribution in [3.63, 3.8) is 0 Å². The fourth-order valence-corrected chi connectivity index (χ4v) is 7.82. The highest BCUT2D eigenvalue weighted by Gasteiger charge is 2.21. The van der Waals surface area contributed by atoms with Crippen LogP contribution in [-0.2, 0) is 0 Å². The Bertz CT molecular complexity index is 2820. The van der Waals surface area contributed by atoms with Gasteiger partial charge in [-0.2, -0.15) is 0 Å². The molecule has 0 fully saturated rings. The maximum atomic E-state index is 5.24. The molecule has 1 aromatic heterocycles. The third kappa shape index (κ3) is 4.31. The maximum Gasteiger partial charge on any atom is 0.145 e. The van der Waals surface area contributed by atoms with Gasteiger partial charge in [-0.3, -0.25) is 4.57 Å². The molecule has 0 N–H and O–H groups in total. The average molecular weight is 623 g/mol. The van der Waals surface area contributed by atoms with E-state index in [9.17, 15) is 0 Å². The van der Waals surface area contributed by atoms with Crippen LogP contribution >= 0.6 is 0 Å². The molecule has 228 valence electrons. The van der Waals surface area contributed by atoms with Crippen molar-refractivity contribution in [1.29, 1.82) is 0 Å². The van der Waals surface area contributed by atoms with E-state index in [2.05, 4.69) is 187 Å². The Morgan fingerprint density at radius 3 is 1.67 bits per heavy atom. The van der Waals surface area contributed by atoms with Crippen molar-refractivity contribution in [2.45, 2.75) is 0 Å². The van der Waals surface area contributed by atoms with E-state index in [4.69, 9.17) is 4.98 Å². The van der Waals surface area contributed by atoms with Crippen molar-refractivity contribution in [2.24, 2.45) is 0 Å². The highest BCUT2D eigenvalue weighted by molar-refractivity contribution is 6.24. The third-order valence-corrected chi connectivity index (χ3v) is 9.97. The Morgan fingerprint density at radius 2 is 0.939 bits per heavy atom. The van der Waals surface area contributed by atoms with Crippen molar-refractivity contribution in [3.8, 4) is 39.3 Å². The van der Waals surface area contributed by atoms with Crippen molar-refractivity contribution >= 4 is 54.1 Å². The number of rotatable bonds is 4. The minimum absolute atomic E-state index is 0.938. The lowest BCUT2D eigenvalue weighted by Gasteiger charge is -2.20. The van der Waals surface area contributed by atoms with Gasteiger partial charge in [-0.1, -0.05) is 158 Å². The van der Waals surface area contributed by atoms with E-state index in [-0.39, 0.29) is 0 Å². The Balaban J connectivity index is 1.27. The Hall–Kier alpha value is -6.51. The van der Waals surface area contributed by atoms with Gasteiger partial charge >= 0.3 is 0 Å². The van der Waals surface area contributed by atoms with Crippen LogP contribution in [0.1, 0.15) is 0 Å². The predicted octanol–water partition coefficient (Wildman–Crippen LogP) is 12.6. The van der Waals surface area contributed by atoms with Crippen molar-refractivity contribution in [1.82, 2.24) is 9.55 Å². The third-order valence-electron chi connectivity index (χ3n) is 9.97. The number of hydrogen-bond donors (Lipinski definition) is 0. The van der Waals surface area contributed by atoms with Gasteiger partial charge in [0.1, 0.15) is 5.82 Å². The van der Waals surface area contributed by atoms with Crippen LogP contribution in [0.2, 0.25) is 0 Å². The van der Waals surface area contributed by atoms with Gasteiger partial charge in [-0.15, -0.1) is 0 Å². The molecule has 1 heterocycles. The number of fused-ring (bicyclic) bond motifs is 5.